The Morgan fingerprint density at radius 1 is 1.05 bits per heavy atom. The molecule has 0 fully saturated rings. The van der Waals surface area contributed by atoms with Gasteiger partial charge in [-0.2, -0.15) is 0 Å². The standard InChI is InChI=1S/C26H35Cl2N3O5S/c1-18(2)16-29-26(33)19(3)30(17-20-8-11-22(36-4)12-9-20)25(32)7-6-14-31(37(5,34)35)24-15-21(27)10-13-23(24)28/h8-13,15,18-19H,6-7,14,16-17H2,1-5H3,(H,29,33). The number of nitrogens with zero attached hydrogens (tertiary/aromatic N) is 2. The van der Waals surface area contributed by atoms with Crippen LogP contribution in [-0.2, 0) is 26.2 Å². The van der Waals surface area contributed by atoms with Gasteiger partial charge in [0.2, 0.25) is 21.8 Å². The molecule has 0 aliphatic carbocycles. The summed E-state index contributed by atoms with van der Waals surface area (Å²) in [6.07, 6.45) is 1.32. The van der Waals surface area contributed by atoms with Gasteiger partial charge in [-0.3, -0.25) is 13.9 Å². The molecule has 0 aliphatic heterocycles. The van der Waals surface area contributed by atoms with Crippen LogP contribution in [0.15, 0.2) is 42.5 Å². The van der Waals surface area contributed by atoms with E-state index in [1.807, 2.05) is 26.0 Å². The second kappa shape index (κ2) is 13.9. The molecule has 0 aromatic heterocycles. The number of ether oxygens (including phenoxy) is 1. The molecule has 204 valence electrons. The molecule has 2 aromatic carbocycles. The van der Waals surface area contributed by atoms with Gasteiger partial charge < -0.3 is 15.0 Å². The molecular formula is C26H35Cl2N3O5S. The lowest BCUT2D eigenvalue weighted by atomic mass is 10.1. The molecule has 0 heterocycles. The van der Waals surface area contributed by atoms with Crippen molar-refractivity contribution in [3.05, 3.63) is 58.1 Å². The van der Waals surface area contributed by atoms with Gasteiger partial charge in [-0.15, -0.1) is 0 Å². The van der Waals surface area contributed by atoms with Gasteiger partial charge in [-0.05, 0) is 55.2 Å². The number of carbonyl (C=O) groups excluding carboxylic acids is 2. The fourth-order valence-electron chi connectivity index (χ4n) is 3.62. The number of carbonyl (C=O) groups is 2. The largest absolute Gasteiger partial charge is 0.497 e. The van der Waals surface area contributed by atoms with E-state index in [1.165, 1.54) is 17.0 Å². The Morgan fingerprint density at radius 2 is 1.70 bits per heavy atom. The fourth-order valence-corrected chi connectivity index (χ4v) is 5.03. The van der Waals surface area contributed by atoms with Gasteiger partial charge in [0.1, 0.15) is 11.8 Å². The van der Waals surface area contributed by atoms with E-state index in [1.54, 1.807) is 32.2 Å². The number of anilines is 1. The summed E-state index contributed by atoms with van der Waals surface area (Å²) < 4.78 is 31.3. The van der Waals surface area contributed by atoms with Crippen molar-refractivity contribution in [2.24, 2.45) is 5.92 Å². The highest BCUT2D eigenvalue weighted by Crippen LogP contribution is 2.31. The first-order valence-electron chi connectivity index (χ1n) is 12.0. The predicted molar refractivity (Wildman–Crippen MR) is 149 cm³/mol. The summed E-state index contributed by atoms with van der Waals surface area (Å²) in [7, 11) is -2.11. The minimum Gasteiger partial charge on any atom is -0.497 e. The van der Waals surface area contributed by atoms with Crippen molar-refractivity contribution >= 4 is 50.7 Å². The first-order valence-corrected chi connectivity index (χ1v) is 14.6. The third kappa shape index (κ3) is 9.39. The smallest absolute Gasteiger partial charge is 0.242 e. The van der Waals surface area contributed by atoms with E-state index in [-0.39, 0.29) is 54.4 Å². The first kappa shape index (κ1) is 30.7. The van der Waals surface area contributed by atoms with E-state index in [2.05, 4.69) is 5.32 Å². The molecule has 2 rings (SSSR count). The molecule has 0 radical (unpaired) electrons. The number of hydrogen-bond acceptors (Lipinski definition) is 5. The van der Waals surface area contributed by atoms with Crippen LogP contribution < -0.4 is 14.4 Å². The number of halogens is 2. The number of amides is 2. The average Bonchev–Trinajstić information content (AvgIpc) is 2.84. The Labute approximate surface area is 229 Å². The highest BCUT2D eigenvalue weighted by Gasteiger charge is 2.27. The zero-order valence-electron chi connectivity index (χ0n) is 21.8. The van der Waals surface area contributed by atoms with Gasteiger partial charge in [-0.25, -0.2) is 8.42 Å². The summed E-state index contributed by atoms with van der Waals surface area (Å²) in [6, 6.07) is 11.1. The van der Waals surface area contributed by atoms with E-state index in [0.717, 1.165) is 16.1 Å². The van der Waals surface area contributed by atoms with E-state index in [0.29, 0.717) is 17.3 Å². The van der Waals surface area contributed by atoms with Crippen LogP contribution in [0.2, 0.25) is 10.0 Å². The second-order valence-electron chi connectivity index (χ2n) is 9.22. The fraction of sp³-hybridized carbons (Fsp3) is 0.462. The highest BCUT2D eigenvalue weighted by atomic mass is 35.5. The summed E-state index contributed by atoms with van der Waals surface area (Å²) >= 11 is 12.3. The van der Waals surface area contributed by atoms with Crippen LogP contribution in [-0.4, -0.2) is 57.6 Å². The molecule has 0 saturated carbocycles. The lowest BCUT2D eigenvalue weighted by Gasteiger charge is -2.30. The van der Waals surface area contributed by atoms with Crippen LogP contribution in [0.1, 0.15) is 39.2 Å². The van der Waals surface area contributed by atoms with Crippen LogP contribution >= 0.6 is 23.2 Å². The third-order valence-electron chi connectivity index (χ3n) is 5.69. The minimum absolute atomic E-state index is 0.0228. The monoisotopic (exact) mass is 571 g/mol. The van der Waals surface area contributed by atoms with Crippen molar-refractivity contribution in [2.75, 3.05) is 30.8 Å². The highest BCUT2D eigenvalue weighted by molar-refractivity contribution is 7.92. The second-order valence-corrected chi connectivity index (χ2v) is 12.0. The summed E-state index contributed by atoms with van der Waals surface area (Å²) in [6.45, 7) is 6.41. The van der Waals surface area contributed by atoms with Crippen molar-refractivity contribution in [1.82, 2.24) is 10.2 Å². The van der Waals surface area contributed by atoms with Gasteiger partial charge >= 0.3 is 0 Å². The topological polar surface area (TPSA) is 96.0 Å². The van der Waals surface area contributed by atoms with Crippen molar-refractivity contribution in [1.29, 1.82) is 0 Å². The lowest BCUT2D eigenvalue weighted by molar-refractivity contribution is -0.140. The van der Waals surface area contributed by atoms with Crippen molar-refractivity contribution in [2.45, 2.75) is 46.2 Å². The Morgan fingerprint density at radius 3 is 2.27 bits per heavy atom. The van der Waals surface area contributed by atoms with E-state index >= 15 is 0 Å². The lowest BCUT2D eigenvalue weighted by Crippen LogP contribution is -2.48. The molecule has 37 heavy (non-hydrogen) atoms. The van der Waals surface area contributed by atoms with Gasteiger partial charge in [0.25, 0.3) is 0 Å². The van der Waals surface area contributed by atoms with E-state index in [9.17, 15) is 18.0 Å². The van der Waals surface area contributed by atoms with E-state index < -0.39 is 16.1 Å². The first-order chi connectivity index (χ1) is 17.3. The van der Waals surface area contributed by atoms with Gasteiger partial charge in [0.05, 0.1) is 24.1 Å². The maximum Gasteiger partial charge on any atom is 0.242 e. The number of sulfonamides is 1. The molecule has 1 N–H and O–H groups in total. The zero-order valence-corrected chi connectivity index (χ0v) is 24.2. The van der Waals surface area contributed by atoms with Crippen LogP contribution in [0, 0.1) is 5.92 Å². The molecule has 8 nitrogen and oxygen atoms in total. The van der Waals surface area contributed by atoms with Gasteiger partial charge in [0, 0.05) is 31.1 Å². The third-order valence-corrected chi connectivity index (χ3v) is 7.43. The molecule has 2 aromatic rings. The zero-order chi connectivity index (χ0) is 27.8. The summed E-state index contributed by atoms with van der Waals surface area (Å²) in [5.74, 6) is 0.430. The Kier molecular flexibility index (Phi) is 11.5. The molecule has 0 saturated heterocycles. The number of methoxy groups -OCH3 is 1. The Balaban J connectivity index is 2.20. The molecule has 0 spiro atoms. The number of nitrogens with one attached hydrogen (secondary N) is 1. The van der Waals surface area contributed by atoms with E-state index in [4.69, 9.17) is 27.9 Å². The maximum absolute atomic E-state index is 13.3. The minimum atomic E-state index is -3.69. The van der Waals surface area contributed by atoms with Crippen LogP contribution in [0.5, 0.6) is 5.75 Å². The van der Waals surface area contributed by atoms with Gasteiger partial charge in [0.15, 0.2) is 0 Å². The molecule has 2 amide bonds. The number of rotatable bonds is 13. The van der Waals surface area contributed by atoms with Crippen LogP contribution in [0.4, 0.5) is 5.69 Å². The SMILES string of the molecule is COc1ccc(CN(C(=O)CCCN(c2cc(Cl)ccc2Cl)S(C)(=O)=O)C(C)C(=O)NCC(C)C)cc1. The molecule has 0 aliphatic rings. The Bertz CT molecular complexity index is 1170. The summed E-state index contributed by atoms with van der Waals surface area (Å²) in [4.78, 5) is 27.7. The van der Waals surface area contributed by atoms with Crippen molar-refractivity contribution in [3.8, 4) is 5.75 Å². The Hall–Kier alpha value is -2.49. The quantitative estimate of drug-likeness (QED) is 0.374. The molecule has 11 heteroatoms. The van der Waals surface area contributed by atoms with Crippen molar-refractivity contribution < 1.29 is 22.7 Å². The number of hydrogen-bond donors (Lipinski definition) is 1. The normalized spacial score (nSPS) is 12.2. The van der Waals surface area contributed by atoms with Crippen LogP contribution in [0.3, 0.4) is 0 Å². The molecule has 1 unspecified atom stereocenters. The average molecular weight is 573 g/mol. The molecule has 1 atom stereocenters. The molecular weight excluding hydrogens is 537 g/mol. The summed E-state index contributed by atoms with van der Waals surface area (Å²) in [5.41, 5.74) is 1.08. The molecule has 0 bridgehead atoms. The number of benzene rings is 2. The maximum atomic E-state index is 13.3. The summed E-state index contributed by atoms with van der Waals surface area (Å²) in [5, 5.41) is 3.46. The van der Waals surface area contributed by atoms with Gasteiger partial charge in [-0.1, -0.05) is 49.2 Å². The van der Waals surface area contributed by atoms with Crippen molar-refractivity contribution in [3.63, 3.8) is 0 Å². The predicted octanol–water partition coefficient (Wildman–Crippen LogP) is 4.74. The van der Waals surface area contributed by atoms with Crippen LogP contribution in [0.25, 0.3) is 0 Å².